The minimum Gasteiger partial charge on any atom is -0.481 e. The number of carboxylic acid groups (broad SMARTS) is 1. The van der Waals surface area contributed by atoms with Gasteiger partial charge < -0.3 is 14.6 Å². The number of ether oxygens (including phenoxy) is 2. The Balaban J connectivity index is 2.53. The molecule has 0 bridgehead atoms. The van der Waals surface area contributed by atoms with E-state index in [-0.39, 0.29) is 24.6 Å². The number of aliphatic carboxylic acids is 1. The number of unbranched alkanes of at least 4 members (excludes halogenated alkanes) is 8. The fourth-order valence-electron chi connectivity index (χ4n) is 3.96. The summed E-state index contributed by atoms with van der Waals surface area (Å²) in [6.07, 6.45) is 13.6. The maximum absolute atomic E-state index is 11.7. The summed E-state index contributed by atoms with van der Waals surface area (Å²) in [4.78, 5) is 22.3. The molecule has 0 aliphatic rings. The van der Waals surface area contributed by atoms with Crippen LogP contribution in [0.3, 0.4) is 0 Å². The molecule has 0 saturated carbocycles. The highest BCUT2D eigenvalue weighted by atomic mass is 16.5. The van der Waals surface area contributed by atoms with Crippen molar-refractivity contribution in [3.63, 3.8) is 0 Å². The van der Waals surface area contributed by atoms with Crippen LogP contribution < -0.4 is 0 Å². The summed E-state index contributed by atoms with van der Waals surface area (Å²) in [5.74, 6) is -0.988. The molecule has 182 valence electrons. The maximum atomic E-state index is 11.7. The van der Waals surface area contributed by atoms with Crippen LogP contribution in [0.25, 0.3) is 0 Å². The molecular weight excluding hydrogens is 404 g/mol. The van der Waals surface area contributed by atoms with Crippen molar-refractivity contribution < 1.29 is 24.2 Å². The highest BCUT2D eigenvalue weighted by molar-refractivity contribution is 5.66. The standard InChI is InChI=1S/C27H44O5/c1-3-4-5-6-7-13-18-25(31-22-24-16-11-10-12-17-24)21-26(32-23(2)28)19-14-8-9-15-20-27(29)30/h10-12,16-17,25-26H,3-9,13-15,18-22H2,1-2H3,(H,29,30). The minimum atomic E-state index is -0.740. The molecule has 1 N–H and O–H groups in total. The van der Waals surface area contributed by atoms with Crippen LogP contribution in [0, 0.1) is 0 Å². The quantitative estimate of drug-likeness (QED) is 0.171. The van der Waals surface area contributed by atoms with Crippen LogP contribution in [-0.4, -0.2) is 29.3 Å². The Morgan fingerprint density at radius 1 is 0.844 bits per heavy atom. The van der Waals surface area contributed by atoms with Gasteiger partial charge in [0.05, 0.1) is 12.7 Å². The first-order valence-electron chi connectivity index (χ1n) is 12.6. The van der Waals surface area contributed by atoms with Gasteiger partial charge in [0.25, 0.3) is 0 Å². The fourth-order valence-corrected chi connectivity index (χ4v) is 3.96. The van der Waals surface area contributed by atoms with Crippen LogP contribution in [0.1, 0.15) is 109 Å². The van der Waals surface area contributed by atoms with Crippen molar-refractivity contribution in [1.82, 2.24) is 0 Å². The van der Waals surface area contributed by atoms with Gasteiger partial charge in [-0.1, -0.05) is 88.6 Å². The third kappa shape index (κ3) is 15.9. The zero-order chi connectivity index (χ0) is 23.4. The van der Waals surface area contributed by atoms with Gasteiger partial charge in [-0.3, -0.25) is 9.59 Å². The smallest absolute Gasteiger partial charge is 0.303 e. The van der Waals surface area contributed by atoms with Crippen LogP contribution in [0.4, 0.5) is 0 Å². The largest absolute Gasteiger partial charge is 0.481 e. The molecule has 1 aromatic carbocycles. The molecule has 5 heteroatoms. The summed E-state index contributed by atoms with van der Waals surface area (Å²) in [5, 5.41) is 8.75. The molecule has 0 amide bonds. The molecule has 2 unspecified atom stereocenters. The van der Waals surface area contributed by atoms with Crippen LogP contribution in [-0.2, 0) is 25.7 Å². The summed E-state index contributed by atoms with van der Waals surface area (Å²) < 4.78 is 11.9. The molecule has 0 heterocycles. The molecule has 1 rings (SSSR count). The van der Waals surface area contributed by atoms with Crippen molar-refractivity contribution in [3.05, 3.63) is 35.9 Å². The number of benzene rings is 1. The molecule has 0 aliphatic carbocycles. The molecule has 0 saturated heterocycles. The molecule has 0 fully saturated rings. The van der Waals surface area contributed by atoms with Gasteiger partial charge in [-0.05, 0) is 31.2 Å². The van der Waals surface area contributed by atoms with Gasteiger partial charge in [-0.15, -0.1) is 0 Å². The molecule has 0 radical (unpaired) electrons. The van der Waals surface area contributed by atoms with Gasteiger partial charge in [0.2, 0.25) is 0 Å². The van der Waals surface area contributed by atoms with E-state index in [2.05, 4.69) is 19.1 Å². The second-order valence-electron chi connectivity index (χ2n) is 8.79. The maximum Gasteiger partial charge on any atom is 0.303 e. The highest BCUT2D eigenvalue weighted by Crippen LogP contribution is 2.21. The average molecular weight is 449 g/mol. The van der Waals surface area contributed by atoms with Gasteiger partial charge >= 0.3 is 11.9 Å². The first-order valence-corrected chi connectivity index (χ1v) is 12.6. The van der Waals surface area contributed by atoms with Crippen molar-refractivity contribution in [2.24, 2.45) is 0 Å². The van der Waals surface area contributed by atoms with Crippen LogP contribution in [0.15, 0.2) is 30.3 Å². The second kappa shape index (κ2) is 18.7. The number of rotatable bonds is 20. The van der Waals surface area contributed by atoms with E-state index in [0.29, 0.717) is 13.0 Å². The second-order valence-corrected chi connectivity index (χ2v) is 8.79. The number of carbonyl (C=O) groups excluding carboxylic acids is 1. The molecule has 0 aromatic heterocycles. The lowest BCUT2D eigenvalue weighted by Gasteiger charge is -2.24. The Morgan fingerprint density at radius 3 is 2.06 bits per heavy atom. The predicted octanol–water partition coefficient (Wildman–Crippen LogP) is 7.07. The Kier molecular flexibility index (Phi) is 16.4. The predicted molar refractivity (Wildman–Crippen MR) is 129 cm³/mol. The third-order valence-electron chi connectivity index (χ3n) is 5.73. The molecule has 0 aliphatic heterocycles. The van der Waals surface area contributed by atoms with E-state index in [9.17, 15) is 9.59 Å². The van der Waals surface area contributed by atoms with E-state index < -0.39 is 5.97 Å². The Morgan fingerprint density at radius 2 is 1.44 bits per heavy atom. The van der Waals surface area contributed by atoms with Crippen molar-refractivity contribution in [1.29, 1.82) is 0 Å². The Bertz CT molecular complexity index is 601. The fraction of sp³-hybridized carbons (Fsp3) is 0.704. The van der Waals surface area contributed by atoms with E-state index in [1.807, 2.05) is 18.2 Å². The summed E-state index contributed by atoms with van der Waals surface area (Å²) in [7, 11) is 0. The Hall–Kier alpha value is -1.88. The lowest BCUT2D eigenvalue weighted by Crippen LogP contribution is -2.25. The van der Waals surface area contributed by atoms with Crippen LogP contribution >= 0.6 is 0 Å². The first-order chi connectivity index (χ1) is 15.5. The number of carboxylic acids is 1. The van der Waals surface area contributed by atoms with E-state index in [0.717, 1.165) is 50.5 Å². The average Bonchev–Trinajstić information content (AvgIpc) is 2.76. The molecular formula is C27H44O5. The van der Waals surface area contributed by atoms with Crippen molar-refractivity contribution >= 4 is 11.9 Å². The van der Waals surface area contributed by atoms with Crippen molar-refractivity contribution in [2.75, 3.05) is 0 Å². The number of esters is 1. The van der Waals surface area contributed by atoms with Crippen LogP contribution in [0.2, 0.25) is 0 Å². The topological polar surface area (TPSA) is 72.8 Å². The van der Waals surface area contributed by atoms with E-state index in [1.54, 1.807) is 0 Å². The SMILES string of the molecule is CCCCCCCCC(CC(CCCCCCC(=O)O)OC(C)=O)OCc1ccccc1. The molecule has 0 spiro atoms. The van der Waals surface area contributed by atoms with Crippen molar-refractivity contribution in [2.45, 2.75) is 123 Å². The lowest BCUT2D eigenvalue weighted by molar-refractivity contribution is -0.149. The van der Waals surface area contributed by atoms with Crippen LogP contribution in [0.5, 0.6) is 0 Å². The number of hydrogen-bond donors (Lipinski definition) is 1. The molecule has 1 aromatic rings. The zero-order valence-electron chi connectivity index (χ0n) is 20.2. The van der Waals surface area contributed by atoms with Gasteiger partial charge in [-0.2, -0.15) is 0 Å². The molecule has 5 nitrogen and oxygen atoms in total. The third-order valence-corrected chi connectivity index (χ3v) is 5.73. The molecule has 2 atom stereocenters. The van der Waals surface area contributed by atoms with Gasteiger partial charge in [-0.25, -0.2) is 0 Å². The summed E-state index contributed by atoms with van der Waals surface area (Å²) in [6, 6.07) is 10.2. The monoisotopic (exact) mass is 448 g/mol. The normalized spacial score (nSPS) is 12.9. The van der Waals surface area contributed by atoms with Gasteiger partial charge in [0, 0.05) is 19.8 Å². The van der Waals surface area contributed by atoms with E-state index >= 15 is 0 Å². The minimum absolute atomic E-state index is 0.0674. The van der Waals surface area contributed by atoms with Gasteiger partial charge in [0.15, 0.2) is 0 Å². The highest BCUT2D eigenvalue weighted by Gasteiger charge is 2.19. The van der Waals surface area contributed by atoms with Crippen molar-refractivity contribution in [3.8, 4) is 0 Å². The first kappa shape index (κ1) is 28.2. The summed E-state index contributed by atoms with van der Waals surface area (Å²) in [5.41, 5.74) is 1.16. The number of carbonyl (C=O) groups is 2. The molecule has 32 heavy (non-hydrogen) atoms. The van der Waals surface area contributed by atoms with E-state index in [1.165, 1.54) is 39.0 Å². The number of hydrogen-bond acceptors (Lipinski definition) is 4. The summed E-state index contributed by atoms with van der Waals surface area (Å²) >= 11 is 0. The lowest BCUT2D eigenvalue weighted by atomic mass is 9.99. The zero-order valence-corrected chi connectivity index (χ0v) is 20.2. The Labute approximate surface area is 194 Å². The summed E-state index contributed by atoms with van der Waals surface area (Å²) in [6.45, 7) is 4.27. The van der Waals surface area contributed by atoms with E-state index in [4.69, 9.17) is 14.6 Å². The van der Waals surface area contributed by atoms with Gasteiger partial charge in [0.1, 0.15) is 6.10 Å².